The van der Waals surface area contributed by atoms with Crippen LogP contribution in [0.15, 0.2) is 17.6 Å². The summed E-state index contributed by atoms with van der Waals surface area (Å²) in [4.78, 5) is 7.98. The van der Waals surface area contributed by atoms with Gasteiger partial charge in [0.25, 0.3) is 0 Å². The van der Waals surface area contributed by atoms with Gasteiger partial charge >= 0.3 is 6.18 Å². The lowest BCUT2D eigenvalue weighted by Crippen LogP contribution is -2.42. The molecule has 1 fully saturated rings. The maximum atomic E-state index is 12.4. The third kappa shape index (κ3) is 12.5. The smallest absolute Gasteiger partial charge is 0.356 e. The average molecular weight is 504 g/mol. The number of rotatable bonds is 10. The van der Waals surface area contributed by atoms with Gasteiger partial charge < -0.3 is 10.2 Å². The Morgan fingerprint density at radius 3 is 2.48 bits per heavy atom. The van der Waals surface area contributed by atoms with E-state index in [0.717, 1.165) is 51.2 Å². The second kappa shape index (κ2) is 14.5. The minimum Gasteiger partial charge on any atom is -0.356 e. The summed E-state index contributed by atoms with van der Waals surface area (Å²) in [6.07, 6.45) is 5.09. The SMILES string of the molecule is C=CCCCCCN(C)C(=NC)NCCC1CCN(CC(F)(F)F)CC1.I. The average Bonchev–Trinajstić information content (AvgIpc) is 2.58. The van der Waals surface area contributed by atoms with E-state index in [9.17, 15) is 13.2 Å². The topological polar surface area (TPSA) is 30.9 Å². The number of allylic oxidation sites excluding steroid dienone is 1. The zero-order valence-electron chi connectivity index (χ0n) is 16.7. The van der Waals surface area contributed by atoms with E-state index in [4.69, 9.17) is 0 Å². The molecule has 0 aromatic rings. The van der Waals surface area contributed by atoms with Crippen LogP contribution in [0.4, 0.5) is 13.2 Å². The number of aliphatic imine (C=N–C) groups is 1. The standard InChI is InChI=1S/C19H35F3N4.HI/c1-4-5-6-7-8-13-25(3)18(23-2)24-12-9-17-10-14-26(15-11-17)16-19(20,21)22;/h4,17H,1,5-16H2,2-3H3,(H,23,24);1H. The van der Waals surface area contributed by atoms with Crippen molar-refractivity contribution in [2.45, 2.75) is 51.1 Å². The number of halogens is 4. The van der Waals surface area contributed by atoms with Crippen LogP contribution in [0.3, 0.4) is 0 Å². The lowest BCUT2D eigenvalue weighted by molar-refractivity contribution is -0.148. The molecule has 0 aliphatic carbocycles. The fourth-order valence-electron chi connectivity index (χ4n) is 3.38. The Bertz CT molecular complexity index is 422. The molecule has 0 radical (unpaired) electrons. The summed E-state index contributed by atoms with van der Waals surface area (Å²) in [5.74, 6) is 1.39. The molecule has 27 heavy (non-hydrogen) atoms. The van der Waals surface area contributed by atoms with Gasteiger partial charge in [-0.25, -0.2) is 0 Å². The molecule has 0 aromatic carbocycles. The molecular formula is C19H36F3IN4. The monoisotopic (exact) mass is 504 g/mol. The highest BCUT2D eigenvalue weighted by atomic mass is 127. The molecule has 0 amide bonds. The highest BCUT2D eigenvalue weighted by Gasteiger charge is 2.32. The van der Waals surface area contributed by atoms with Crippen LogP contribution >= 0.6 is 24.0 Å². The maximum absolute atomic E-state index is 12.4. The third-order valence-electron chi connectivity index (χ3n) is 4.92. The highest BCUT2D eigenvalue weighted by Crippen LogP contribution is 2.23. The summed E-state index contributed by atoms with van der Waals surface area (Å²) < 4.78 is 37.3. The summed E-state index contributed by atoms with van der Waals surface area (Å²) in [6, 6.07) is 0. The second-order valence-electron chi connectivity index (χ2n) is 7.16. The molecule has 4 nitrogen and oxygen atoms in total. The molecule has 0 atom stereocenters. The summed E-state index contributed by atoms with van der Waals surface area (Å²) in [5, 5.41) is 3.38. The first-order valence-corrected chi connectivity index (χ1v) is 9.67. The van der Waals surface area contributed by atoms with Gasteiger partial charge in [0.2, 0.25) is 0 Å². The molecule has 1 rings (SSSR count). The zero-order valence-corrected chi connectivity index (χ0v) is 19.1. The Morgan fingerprint density at radius 1 is 1.26 bits per heavy atom. The van der Waals surface area contributed by atoms with Crippen LogP contribution in [-0.4, -0.2) is 68.8 Å². The van der Waals surface area contributed by atoms with Gasteiger partial charge in [-0.1, -0.05) is 12.5 Å². The second-order valence-corrected chi connectivity index (χ2v) is 7.16. The van der Waals surface area contributed by atoms with Crippen molar-refractivity contribution in [2.75, 3.05) is 46.8 Å². The normalized spacial score (nSPS) is 16.7. The van der Waals surface area contributed by atoms with Gasteiger partial charge in [-0.2, -0.15) is 13.2 Å². The van der Waals surface area contributed by atoms with E-state index < -0.39 is 12.7 Å². The van der Waals surface area contributed by atoms with Gasteiger partial charge in [-0.3, -0.25) is 9.89 Å². The quantitative estimate of drug-likeness (QED) is 0.156. The van der Waals surface area contributed by atoms with Crippen molar-refractivity contribution in [1.82, 2.24) is 15.1 Å². The van der Waals surface area contributed by atoms with Crippen molar-refractivity contribution in [2.24, 2.45) is 10.9 Å². The minimum absolute atomic E-state index is 0. The summed E-state index contributed by atoms with van der Waals surface area (Å²) in [5.41, 5.74) is 0. The third-order valence-corrected chi connectivity index (χ3v) is 4.92. The number of alkyl halides is 3. The van der Waals surface area contributed by atoms with Crippen molar-refractivity contribution in [3.63, 3.8) is 0 Å². The molecule has 0 bridgehead atoms. The molecule has 1 aliphatic rings. The summed E-state index contributed by atoms with van der Waals surface area (Å²) >= 11 is 0. The van der Waals surface area contributed by atoms with E-state index >= 15 is 0 Å². The van der Waals surface area contributed by atoms with Gasteiger partial charge in [-0.05, 0) is 57.5 Å². The lowest BCUT2D eigenvalue weighted by Gasteiger charge is -2.32. The minimum atomic E-state index is -4.09. The molecule has 0 spiro atoms. The molecule has 1 aliphatic heterocycles. The lowest BCUT2D eigenvalue weighted by atomic mass is 9.93. The van der Waals surface area contributed by atoms with Crippen molar-refractivity contribution < 1.29 is 13.2 Å². The van der Waals surface area contributed by atoms with Crippen LogP contribution in [0.1, 0.15) is 44.9 Å². The highest BCUT2D eigenvalue weighted by molar-refractivity contribution is 14.0. The van der Waals surface area contributed by atoms with Crippen LogP contribution in [0.2, 0.25) is 0 Å². The van der Waals surface area contributed by atoms with E-state index in [1.165, 1.54) is 17.7 Å². The van der Waals surface area contributed by atoms with Crippen molar-refractivity contribution in [3.8, 4) is 0 Å². The molecule has 160 valence electrons. The fourth-order valence-corrected chi connectivity index (χ4v) is 3.38. The molecule has 1 N–H and O–H groups in total. The van der Waals surface area contributed by atoms with E-state index in [0.29, 0.717) is 19.0 Å². The molecule has 8 heteroatoms. The molecule has 0 unspecified atom stereocenters. The van der Waals surface area contributed by atoms with Crippen molar-refractivity contribution in [3.05, 3.63) is 12.7 Å². The number of nitrogens with zero attached hydrogens (tertiary/aromatic N) is 3. The number of unbranched alkanes of at least 4 members (excludes halogenated alkanes) is 3. The summed E-state index contributed by atoms with van der Waals surface area (Å²) in [6.45, 7) is 5.83. The predicted molar refractivity (Wildman–Crippen MR) is 118 cm³/mol. The van der Waals surface area contributed by atoms with Gasteiger partial charge in [0.1, 0.15) is 0 Å². The number of hydrogen-bond donors (Lipinski definition) is 1. The van der Waals surface area contributed by atoms with Gasteiger partial charge in [0.15, 0.2) is 5.96 Å². The van der Waals surface area contributed by atoms with Crippen LogP contribution in [-0.2, 0) is 0 Å². The van der Waals surface area contributed by atoms with Crippen LogP contribution in [0, 0.1) is 5.92 Å². The zero-order chi connectivity index (χ0) is 19.4. The Hall–Kier alpha value is -0.510. The first-order valence-electron chi connectivity index (χ1n) is 9.67. The van der Waals surface area contributed by atoms with Crippen LogP contribution < -0.4 is 5.32 Å². The van der Waals surface area contributed by atoms with E-state index in [2.05, 4.69) is 21.8 Å². The number of likely N-dealkylation sites (tertiary alicyclic amines) is 1. The van der Waals surface area contributed by atoms with E-state index in [1.54, 1.807) is 7.05 Å². The first kappa shape index (κ1) is 26.5. The number of hydrogen-bond acceptors (Lipinski definition) is 2. The van der Waals surface area contributed by atoms with Gasteiger partial charge in [0, 0.05) is 27.2 Å². The number of guanidine groups is 1. The largest absolute Gasteiger partial charge is 0.401 e. The maximum Gasteiger partial charge on any atom is 0.401 e. The van der Waals surface area contributed by atoms with Gasteiger partial charge in [-0.15, -0.1) is 30.6 Å². The Kier molecular flexibility index (Phi) is 14.2. The first-order chi connectivity index (χ1) is 12.4. The van der Waals surface area contributed by atoms with E-state index in [1.807, 2.05) is 13.1 Å². The molecule has 0 saturated carbocycles. The Balaban J connectivity index is 0.00000676. The predicted octanol–water partition coefficient (Wildman–Crippen LogP) is 4.52. The fraction of sp³-hybridized carbons (Fsp3) is 0.842. The van der Waals surface area contributed by atoms with Crippen molar-refractivity contribution in [1.29, 1.82) is 0 Å². The van der Waals surface area contributed by atoms with Crippen LogP contribution in [0.5, 0.6) is 0 Å². The molecule has 1 saturated heterocycles. The molecular weight excluding hydrogens is 468 g/mol. The molecule has 1 heterocycles. The van der Waals surface area contributed by atoms with Gasteiger partial charge in [0.05, 0.1) is 6.54 Å². The Morgan fingerprint density at radius 2 is 1.93 bits per heavy atom. The molecule has 0 aromatic heterocycles. The summed E-state index contributed by atoms with van der Waals surface area (Å²) in [7, 11) is 3.82. The Labute approximate surface area is 179 Å². The van der Waals surface area contributed by atoms with Crippen LogP contribution in [0.25, 0.3) is 0 Å². The van der Waals surface area contributed by atoms with E-state index in [-0.39, 0.29) is 24.0 Å². The number of piperidine rings is 1. The van der Waals surface area contributed by atoms with Crippen molar-refractivity contribution >= 4 is 29.9 Å². The number of nitrogens with one attached hydrogen (secondary N) is 1.